The molecule has 0 atom stereocenters. The molecule has 0 spiro atoms. The third kappa shape index (κ3) is 4.63. The Labute approximate surface area is 136 Å². The van der Waals surface area contributed by atoms with Crippen molar-refractivity contribution < 1.29 is 9.59 Å². The Morgan fingerprint density at radius 1 is 1.18 bits per heavy atom. The summed E-state index contributed by atoms with van der Waals surface area (Å²) in [7, 11) is 0. The van der Waals surface area contributed by atoms with Crippen molar-refractivity contribution >= 4 is 23.5 Å². The Morgan fingerprint density at radius 3 is 2.32 bits per heavy atom. The number of amides is 3. The Bertz CT molecular complexity index is 523. The second kappa shape index (κ2) is 7.49. The first-order valence-corrected chi connectivity index (χ1v) is 7.95. The van der Waals surface area contributed by atoms with Crippen molar-refractivity contribution in [1.29, 1.82) is 0 Å². The van der Waals surface area contributed by atoms with Gasteiger partial charge in [-0.3, -0.25) is 4.79 Å². The molecule has 1 heterocycles. The predicted octanol–water partition coefficient (Wildman–Crippen LogP) is 2.65. The van der Waals surface area contributed by atoms with Gasteiger partial charge in [0.1, 0.15) is 0 Å². The second-order valence-electron chi connectivity index (χ2n) is 5.85. The highest BCUT2D eigenvalue weighted by molar-refractivity contribution is 6.30. The van der Waals surface area contributed by atoms with Crippen molar-refractivity contribution in [3.8, 4) is 0 Å². The largest absolute Gasteiger partial charge is 0.338 e. The molecule has 0 radical (unpaired) electrons. The summed E-state index contributed by atoms with van der Waals surface area (Å²) in [6, 6.07) is 7.02. The van der Waals surface area contributed by atoms with E-state index >= 15 is 0 Å². The molecule has 1 saturated heterocycles. The van der Waals surface area contributed by atoms with Crippen LogP contribution in [-0.4, -0.2) is 42.0 Å². The van der Waals surface area contributed by atoms with Crippen LogP contribution in [0.2, 0.25) is 5.02 Å². The molecule has 120 valence electrons. The zero-order valence-corrected chi connectivity index (χ0v) is 13.7. The maximum absolute atomic E-state index is 12.4. The summed E-state index contributed by atoms with van der Waals surface area (Å²) in [5.41, 5.74) is 0.647. The minimum absolute atomic E-state index is 0.0155. The zero-order chi connectivity index (χ0) is 16.1. The molecule has 0 saturated carbocycles. The third-order valence-electron chi connectivity index (χ3n) is 3.63. The van der Waals surface area contributed by atoms with E-state index in [2.05, 4.69) is 10.6 Å². The summed E-state index contributed by atoms with van der Waals surface area (Å²) in [6.45, 7) is 5.14. The lowest BCUT2D eigenvalue weighted by atomic mass is 10.0. The van der Waals surface area contributed by atoms with Crippen molar-refractivity contribution in [2.24, 2.45) is 0 Å². The number of piperidine rings is 1. The molecule has 1 aliphatic rings. The molecular formula is C16H22ClN3O2. The third-order valence-corrected chi connectivity index (χ3v) is 3.88. The number of nitrogens with one attached hydrogen (secondary N) is 2. The van der Waals surface area contributed by atoms with Crippen molar-refractivity contribution in [3.63, 3.8) is 0 Å². The summed E-state index contributed by atoms with van der Waals surface area (Å²) in [4.78, 5) is 25.9. The fourth-order valence-electron chi connectivity index (χ4n) is 2.49. The van der Waals surface area contributed by atoms with Crippen LogP contribution in [0.3, 0.4) is 0 Å². The van der Waals surface area contributed by atoms with Crippen molar-refractivity contribution in [1.82, 2.24) is 15.5 Å². The number of rotatable bonds is 3. The van der Waals surface area contributed by atoms with Gasteiger partial charge in [0.2, 0.25) is 0 Å². The van der Waals surface area contributed by atoms with Crippen LogP contribution >= 0.6 is 11.6 Å². The van der Waals surface area contributed by atoms with Gasteiger partial charge in [0.15, 0.2) is 0 Å². The van der Waals surface area contributed by atoms with Gasteiger partial charge in [-0.25, -0.2) is 4.79 Å². The molecule has 1 aliphatic heterocycles. The van der Waals surface area contributed by atoms with Crippen LogP contribution in [0.15, 0.2) is 24.3 Å². The monoisotopic (exact) mass is 323 g/mol. The van der Waals surface area contributed by atoms with Crippen LogP contribution in [0.25, 0.3) is 0 Å². The highest BCUT2D eigenvalue weighted by Crippen LogP contribution is 2.16. The normalized spacial score (nSPS) is 15.7. The van der Waals surface area contributed by atoms with E-state index in [1.54, 1.807) is 24.3 Å². The average Bonchev–Trinajstić information content (AvgIpc) is 2.47. The van der Waals surface area contributed by atoms with E-state index < -0.39 is 0 Å². The number of halogens is 1. The SMILES string of the molecule is CC(C)NC(=O)NC1CCN(C(=O)c2ccc(Cl)cc2)CC1. The van der Waals surface area contributed by atoms with Gasteiger partial charge in [-0.1, -0.05) is 11.6 Å². The van der Waals surface area contributed by atoms with E-state index in [0.717, 1.165) is 12.8 Å². The number of carbonyl (C=O) groups is 2. The first-order chi connectivity index (χ1) is 10.5. The Kier molecular flexibility index (Phi) is 5.66. The van der Waals surface area contributed by atoms with Gasteiger partial charge in [-0.05, 0) is 51.0 Å². The Morgan fingerprint density at radius 2 is 1.77 bits per heavy atom. The van der Waals surface area contributed by atoms with Gasteiger partial charge < -0.3 is 15.5 Å². The topological polar surface area (TPSA) is 61.4 Å². The van der Waals surface area contributed by atoms with Crippen molar-refractivity contribution in [2.75, 3.05) is 13.1 Å². The number of nitrogens with zero attached hydrogens (tertiary/aromatic N) is 1. The van der Waals surface area contributed by atoms with Gasteiger partial charge in [-0.15, -0.1) is 0 Å². The molecule has 2 rings (SSSR count). The molecule has 6 heteroatoms. The van der Waals surface area contributed by atoms with Gasteiger partial charge in [0.25, 0.3) is 5.91 Å². The number of likely N-dealkylation sites (tertiary alicyclic amines) is 1. The van der Waals surface area contributed by atoms with Gasteiger partial charge in [0.05, 0.1) is 0 Å². The van der Waals surface area contributed by atoms with E-state index in [9.17, 15) is 9.59 Å². The van der Waals surface area contributed by atoms with Crippen molar-refractivity contribution in [3.05, 3.63) is 34.9 Å². The van der Waals surface area contributed by atoms with Crippen LogP contribution in [0.5, 0.6) is 0 Å². The maximum atomic E-state index is 12.4. The second-order valence-corrected chi connectivity index (χ2v) is 6.28. The minimum atomic E-state index is -0.141. The minimum Gasteiger partial charge on any atom is -0.338 e. The molecule has 1 fully saturated rings. The summed E-state index contributed by atoms with van der Waals surface area (Å²) in [5, 5.41) is 6.38. The van der Waals surface area contributed by atoms with Gasteiger partial charge in [-0.2, -0.15) is 0 Å². The van der Waals surface area contributed by atoms with E-state index in [1.165, 1.54) is 0 Å². The molecule has 0 aliphatic carbocycles. The molecule has 2 N–H and O–H groups in total. The lowest BCUT2D eigenvalue weighted by molar-refractivity contribution is 0.0708. The molecule has 1 aromatic carbocycles. The summed E-state index contributed by atoms with van der Waals surface area (Å²) in [5.74, 6) is 0.0155. The van der Waals surface area contributed by atoms with Crippen molar-refractivity contribution in [2.45, 2.75) is 38.8 Å². The smallest absolute Gasteiger partial charge is 0.315 e. The zero-order valence-electron chi connectivity index (χ0n) is 12.9. The molecule has 22 heavy (non-hydrogen) atoms. The average molecular weight is 324 g/mol. The molecule has 5 nitrogen and oxygen atoms in total. The fourth-order valence-corrected chi connectivity index (χ4v) is 2.62. The Balaban J connectivity index is 1.83. The van der Waals surface area contributed by atoms with E-state index in [4.69, 9.17) is 11.6 Å². The first-order valence-electron chi connectivity index (χ1n) is 7.57. The molecule has 0 unspecified atom stereocenters. The highest BCUT2D eigenvalue weighted by Gasteiger charge is 2.24. The number of hydrogen-bond donors (Lipinski definition) is 2. The van der Waals surface area contributed by atoms with E-state index in [1.807, 2.05) is 18.7 Å². The summed E-state index contributed by atoms with van der Waals surface area (Å²) >= 11 is 5.83. The quantitative estimate of drug-likeness (QED) is 0.898. The lowest BCUT2D eigenvalue weighted by Gasteiger charge is -2.32. The van der Waals surface area contributed by atoms with E-state index in [0.29, 0.717) is 23.7 Å². The molecule has 3 amide bonds. The Hall–Kier alpha value is -1.75. The van der Waals surface area contributed by atoms with Crippen LogP contribution in [0, 0.1) is 0 Å². The number of carbonyl (C=O) groups excluding carboxylic acids is 2. The highest BCUT2D eigenvalue weighted by atomic mass is 35.5. The summed E-state index contributed by atoms with van der Waals surface area (Å²) in [6.07, 6.45) is 1.54. The lowest BCUT2D eigenvalue weighted by Crippen LogP contribution is -2.50. The van der Waals surface area contributed by atoms with Gasteiger partial charge >= 0.3 is 6.03 Å². The standard InChI is InChI=1S/C16H22ClN3O2/c1-11(2)18-16(22)19-14-7-9-20(10-8-14)15(21)12-3-5-13(17)6-4-12/h3-6,11,14H,7-10H2,1-2H3,(H2,18,19,22). The molecule has 0 bridgehead atoms. The number of benzene rings is 1. The van der Waals surface area contributed by atoms with Crippen LogP contribution < -0.4 is 10.6 Å². The molecular weight excluding hydrogens is 302 g/mol. The number of urea groups is 1. The first kappa shape index (κ1) is 16.6. The summed E-state index contributed by atoms with van der Waals surface area (Å²) < 4.78 is 0. The fraction of sp³-hybridized carbons (Fsp3) is 0.500. The van der Waals surface area contributed by atoms with Crippen LogP contribution in [0.4, 0.5) is 4.79 Å². The van der Waals surface area contributed by atoms with Crippen LogP contribution in [0.1, 0.15) is 37.0 Å². The van der Waals surface area contributed by atoms with E-state index in [-0.39, 0.29) is 24.0 Å². The van der Waals surface area contributed by atoms with Crippen LogP contribution in [-0.2, 0) is 0 Å². The maximum Gasteiger partial charge on any atom is 0.315 e. The number of hydrogen-bond acceptors (Lipinski definition) is 2. The molecule has 0 aromatic heterocycles. The predicted molar refractivity (Wildman–Crippen MR) is 87.2 cm³/mol. The van der Waals surface area contributed by atoms with Gasteiger partial charge in [0, 0.05) is 35.8 Å². The molecule has 1 aromatic rings.